The maximum absolute atomic E-state index is 11.1. The molecule has 2 rings (SSSR count). The van der Waals surface area contributed by atoms with Gasteiger partial charge in [0.1, 0.15) is 0 Å². The van der Waals surface area contributed by atoms with Crippen molar-refractivity contribution in [3.63, 3.8) is 0 Å². The van der Waals surface area contributed by atoms with Crippen molar-refractivity contribution in [2.75, 3.05) is 0 Å². The summed E-state index contributed by atoms with van der Waals surface area (Å²) in [7, 11) is 0. The van der Waals surface area contributed by atoms with Gasteiger partial charge >= 0.3 is 5.97 Å². The molecule has 3 heteroatoms. The molecule has 82 valence electrons. The van der Waals surface area contributed by atoms with E-state index in [1.54, 1.807) is 6.07 Å². The third-order valence-electron chi connectivity index (χ3n) is 2.68. The van der Waals surface area contributed by atoms with Crippen LogP contribution in [0.1, 0.15) is 22.8 Å². The largest absolute Gasteiger partial charge is 0.478 e. The number of carboxylic acids is 1. The molecule has 0 aliphatic rings. The lowest BCUT2D eigenvalue weighted by Gasteiger charge is -2.08. The SMILES string of the molecule is CCc1c(C(=O)O)ccc2ccc(Br)cc12. The maximum Gasteiger partial charge on any atom is 0.335 e. The molecule has 1 N–H and O–H groups in total. The zero-order chi connectivity index (χ0) is 11.7. The van der Waals surface area contributed by atoms with Crippen LogP contribution < -0.4 is 0 Å². The molecule has 0 spiro atoms. The lowest BCUT2D eigenvalue weighted by Crippen LogP contribution is -2.02. The van der Waals surface area contributed by atoms with Crippen molar-refractivity contribution in [1.29, 1.82) is 0 Å². The Labute approximate surface area is 102 Å². The van der Waals surface area contributed by atoms with Crippen LogP contribution in [0.3, 0.4) is 0 Å². The van der Waals surface area contributed by atoms with Crippen LogP contribution >= 0.6 is 15.9 Å². The van der Waals surface area contributed by atoms with E-state index in [4.69, 9.17) is 5.11 Å². The molecule has 0 saturated carbocycles. The second-order valence-corrected chi connectivity index (χ2v) is 4.53. The molecule has 0 saturated heterocycles. The van der Waals surface area contributed by atoms with Gasteiger partial charge in [0.2, 0.25) is 0 Å². The number of hydrogen-bond donors (Lipinski definition) is 1. The van der Waals surface area contributed by atoms with Gasteiger partial charge in [-0.05, 0) is 41.0 Å². The normalized spacial score (nSPS) is 10.6. The lowest BCUT2D eigenvalue weighted by molar-refractivity contribution is 0.0696. The Kier molecular flexibility index (Phi) is 2.97. The molecule has 16 heavy (non-hydrogen) atoms. The van der Waals surface area contributed by atoms with Crippen molar-refractivity contribution in [2.24, 2.45) is 0 Å². The second-order valence-electron chi connectivity index (χ2n) is 3.62. The molecule has 0 aliphatic heterocycles. The molecule has 2 nitrogen and oxygen atoms in total. The predicted molar refractivity (Wildman–Crippen MR) is 68.0 cm³/mol. The van der Waals surface area contributed by atoms with Crippen molar-refractivity contribution >= 4 is 32.7 Å². The van der Waals surface area contributed by atoms with Gasteiger partial charge in [-0.25, -0.2) is 4.79 Å². The first-order valence-corrected chi connectivity index (χ1v) is 5.87. The number of fused-ring (bicyclic) bond motifs is 1. The molecule has 0 radical (unpaired) electrons. The van der Waals surface area contributed by atoms with Crippen LogP contribution in [0.4, 0.5) is 0 Å². The summed E-state index contributed by atoms with van der Waals surface area (Å²) in [5.41, 5.74) is 1.29. The first-order chi connectivity index (χ1) is 7.63. The number of rotatable bonds is 2. The zero-order valence-corrected chi connectivity index (χ0v) is 10.4. The van der Waals surface area contributed by atoms with Gasteiger partial charge in [0.25, 0.3) is 0 Å². The molecule has 0 amide bonds. The van der Waals surface area contributed by atoms with Gasteiger partial charge in [-0.1, -0.05) is 35.0 Å². The fraction of sp³-hybridized carbons (Fsp3) is 0.154. The van der Waals surface area contributed by atoms with Crippen molar-refractivity contribution in [2.45, 2.75) is 13.3 Å². The van der Waals surface area contributed by atoms with Crippen LogP contribution in [0.25, 0.3) is 10.8 Å². The van der Waals surface area contributed by atoms with Gasteiger partial charge in [0, 0.05) is 4.47 Å². The fourth-order valence-electron chi connectivity index (χ4n) is 1.94. The van der Waals surface area contributed by atoms with Gasteiger partial charge in [-0.15, -0.1) is 0 Å². The van der Waals surface area contributed by atoms with Gasteiger partial charge in [-0.3, -0.25) is 0 Å². The number of halogens is 1. The number of hydrogen-bond acceptors (Lipinski definition) is 1. The fourth-order valence-corrected chi connectivity index (χ4v) is 2.30. The van der Waals surface area contributed by atoms with Gasteiger partial charge in [0.05, 0.1) is 5.56 Å². The summed E-state index contributed by atoms with van der Waals surface area (Å²) in [4.78, 5) is 11.1. The van der Waals surface area contributed by atoms with Crippen LogP contribution in [-0.4, -0.2) is 11.1 Å². The Morgan fingerprint density at radius 2 is 2.00 bits per heavy atom. The van der Waals surface area contributed by atoms with Crippen LogP contribution in [0, 0.1) is 0 Å². The van der Waals surface area contributed by atoms with Gasteiger partial charge in [0.15, 0.2) is 0 Å². The Hall–Kier alpha value is -1.35. The summed E-state index contributed by atoms with van der Waals surface area (Å²) in [5, 5.41) is 11.2. The molecule has 0 aromatic heterocycles. The minimum Gasteiger partial charge on any atom is -0.478 e. The lowest BCUT2D eigenvalue weighted by atomic mass is 9.97. The Morgan fingerprint density at radius 3 is 2.62 bits per heavy atom. The zero-order valence-electron chi connectivity index (χ0n) is 8.83. The highest BCUT2D eigenvalue weighted by Crippen LogP contribution is 2.26. The van der Waals surface area contributed by atoms with E-state index in [9.17, 15) is 4.79 Å². The quantitative estimate of drug-likeness (QED) is 0.906. The Morgan fingerprint density at radius 1 is 1.31 bits per heavy atom. The van der Waals surface area contributed by atoms with E-state index in [2.05, 4.69) is 15.9 Å². The van der Waals surface area contributed by atoms with Crippen LogP contribution in [-0.2, 0) is 6.42 Å². The predicted octanol–water partition coefficient (Wildman–Crippen LogP) is 3.86. The molecule has 2 aromatic carbocycles. The number of aromatic carboxylic acids is 1. The third-order valence-corrected chi connectivity index (χ3v) is 3.17. The van der Waals surface area contributed by atoms with Crippen LogP contribution in [0.5, 0.6) is 0 Å². The van der Waals surface area contributed by atoms with Crippen molar-refractivity contribution in [1.82, 2.24) is 0 Å². The summed E-state index contributed by atoms with van der Waals surface area (Å²) in [5.74, 6) is -0.862. The number of benzene rings is 2. The topological polar surface area (TPSA) is 37.3 Å². The average molecular weight is 279 g/mol. The van der Waals surface area contributed by atoms with Crippen LogP contribution in [0.2, 0.25) is 0 Å². The van der Waals surface area contributed by atoms with E-state index in [0.29, 0.717) is 5.56 Å². The van der Waals surface area contributed by atoms with E-state index in [-0.39, 0.29) is 0 Å². The highest BCUT2D eigenvalue weighted by molar-refractivity contribution is 9.10. The third kappa shape index (κ3) is 1.83. The van der Waals surface area contributed by atoms with E-state index in [1.807, 2.05) is 31.2 Å². The Bertz CT molecular complexity index is 561. The highest BCUT2D eigenvalue weighted by atomic mass is 79.9. The molecule has 0 fully saturated rings. The highest BCUT2D eigenvalue weighted by Gasteiger charge is 2.11. The summed E-state index contributed by atoms with van der Waals surface area (Å²) >= 11 is 3.41. The van der Waals surface area contributed by atoms with Gasteiger partial charge < -0.3 is 5.11 Å². The molecule has 0 aliphatic carbocycles. The molecule has 2 aromatic rings. The average Bonchev–Trinajstić information content (AvgIpc) is 2.27. The van der Waals surface area contributed by atoms with Gasteiger partial charge in [-0.2, -0.15) is 0 Å². The summed E-state index contributed by atoms with van der Waals surface area (Å²) in [6, 6.07) is 9.45. The van der Waals surface area contributed by atoms with Crippen LogP contribution in [0.15, 0.2) is 34.8 Å². The molecule has 0 unspecified atom stereocenters. The molecular formula is C13H11BrO2. The molecule has 0 atom stereocenters. The van der Waals surface area contributed by atoms with E-state index < -0.39 is 5.97 Å². The number of aryl methyl sites for hydroxylation is 1. The summed E-state index contributed by atoms with van der Waals surface area (Å²) in [6.45, 7) is 1.97. The van der Waals surface area contributed by atoms with E-state index in [1.165, 1.54) is 0 Å². The molecular weight excluding hydrogens is 268 g/mol. The van der Waals surface area contributed by atoms with Crippen molar-refractivity contribution in [3.8, 4) is 0 Å². The monoisotopic (exact) mass is 278 g/mol. The molecule has 0 heterocycles. The summed E-state index contributed by atoms with van der Waals surface area (Å²) < 4.78 is 0.970. The van der Waals surface area contributed by atoms with E-state index >= 15 is 0 Å². The number of carboxylic acid groups (broad SMARTS) is 1. The number of carbonyl (C=O) groups is 1. The molecule has 0 bridgehead atoms. The standard InChI is InChI=1S/C13H11BrO2/c1-2-10-11(13(15)16)6-4-8-3-5-9(14)7-12(8)10/h3-7H,2H2,1H3,(H,15,16). The smallest absolute Gasteiger partial charge is 0.335 e. The maximum atomic E-state index is 11.1. The van der Waals surface area contributed by atoms with Crippen molar-refractivity contribution in [3.05, 3.63) is 45.9 Å². The second kappa shape index (κ2) is 4.26. The van der Waals surface area contributed by atoms with Crippen molar-refractivity contribution < 1.29 is 9.90 Å². The minimum atomic E-state index is -0.862. The minimum absolute atomic E-state index is 0.396. The summed E-state index contributed by atoms with van der Waals surface area (Å²) in [6.07, 6.45) is 0.718. The van der Waals surface area contributed by atoms with E-state index in [0.717, 1.165) is 27.2 Å². The first kappa shape index (κ1) is 11.1. The Balaban J connectivity index is 2.83. The first-order valence-electron chi connectivity index (χ1n) is 5.08.